The van der Waals surface area contributed by atoms with Crippen LogP contribution < -0.4 is 0 Å². The van der Waals surface area contributed by atoms with E-state index in [0.29, 0.717) is 12.1 Å². The van der Waals surface area contributed by atoms with E-state index >= 15 is 0 Å². The molecule has 0 bridgehead atoms. The summed E-state index contributed by atoms with van der Waals surface area (Å²) in [5.41, 5.74) is -2.99. The van der Waals surface area contributed by atoms with Crippen molar-refractivity contribution in [1.29, 1.82) is 0 Å². The fraction of sp³-hybridized carbons (Fsp3) is 0.364. The molecule has 2 nitrogen and oxygen atoms in total. The van der Waals surface area contributed by atoms with Crippen LogP contribution in [0.3, 0.4) is 0 Å². The molecule has 0 atom stereocenters. The Morgan fingerprint density at radius 2 is 1.76 bits per heavy atom. The van der Waals surface area contributed by atoms with Crippen LogP contribution in [0.5, 0.6) is 0 Å². The Morgan fingerprint density at radius 1 is 1.24 bits per heavy atom. The molecule has 94 valence electrons. The highest BCUT2D eigenvalue weighted by atomic mass is 19.4. The van der Waals surface area contributed by atoms with Crippen LogP contribution in [0, 0.1) is 5.82 Å². The maximum atomic E-state index is 13.5. The zero-order chi connectivity index (χ0) is 13.4. The van der Waals surface area contributed by atoms with Gasteiger partial charge in [0.1, 0.15) is 5.82 Å². The number of carbonyl (C=O) groups is 1. The summed E-state index contributed by atoms with van der Waals surface area (Å²) in [6.45, 7) is 2.45. The molecular formula is C11H10F4O2. The Labute approximate surface area is 94.9 Å². The van der Waals surface area contributed by atoms with Gasteiger partial charge in [-0.2, -0.15) is 13.2 Å². The van der Waals surface area contributed by atoms with Crippen LogP contribution >= 0.6 is 0 Å². The average Bonchev–Trinajstić information content (AvgIpc) is 2.15. The first-order valence-corrected chi connectivity index (χ1v) is 4.67. The Bertz CT molecular complexity index is 449. The Hall–Kier alpha value is -1.59. The van der Waals surface area contributed by atoms with Gasteiger partial charge in [-0.25, -0.2) is 4.39 Å². The molecule has 0 saturated carbocycles. The minimum atomic E-state index is -4.65. The highest BCUT2D eigenvalue weighted by Crippen LogP contribution is 2.33. The van der Waals surface area contributed by atoms with E-state index < -0.39 is 28.9 Å². The van der Waals surface area contributed by atoms with Crippen LogP contribution in [0.2, 0.25) is 0 Å². The molecule has 0 amide bonds. The quantitative estimate of drug-likeness (QED) is 0.818. The van der Waals surface area contributed by atoms with Crippen LogP contribution in [0.15, 0.2) is 18.2 Å². The Balaban J connectivity index is 3.29. The smallest absolute Gasteiger partial charge is 0.416 e. The molecule has 0 aliphatic rings. The molecule has 0 spiro atoms. The minimum Gasteiger partial charge on any atom is -0.481 e. The fourth-order valence-electron chi connectivity index (χ4n) is 1.31. The lowest BCUT2D eigenvalue weighted by molar-refractivity contribution is -0.142. The number of hydrogen-bond acceptors (Lipinski definition) is 1. The summed E-state index contributed by atoms with van der Waals surface area (Å²) in [5.74, 6) is -2.48. The van der Waals surface area contributed by atoms with Crippen LogP contribution in [-0.4, -0.2) is 11.1 Å². The first-order valence-electron chi connectivity index (χ1n) is 4.67. The summed E-state index contributed by atoms with van der Waals surface area (Å²) >= 11 is 0. The van der Waals surface area contributed by atoms with E-state index in [-0.39, 0.29) is 5.56 Å². The molecule has 0 aromatic heterocycles. The lowest BCUT2D eigenvalue weighted by Gasteiger charge is -2.21. The number of alkyl halides is 3. The number of aliphatic carboxylic acids is 1. The lowest BCUT2D eigenvalue weighted by atomic mass is 9.84. The summed E-state index contributed by atoms with van der Waals surface area (Å²) < 4.78 is 50.3. The van der Waals surface area contributed by atoms with E-state index in [4.69, 9.17) is 5.11 Å². The highest BCUT2D eigenvalue weighted by molar-refractivity contribution is 5.80. The van der Waals surface area contributed by atoms with E-state index in [1.807, 2.05) is 0 Å². The van der Waals surface area contributed by atoms with Gasteiger partial charge in [-0.1, -0.05) is 6.07 Å². The van der Waals surface area contributed by atoms with Crippen molar-refractivity contribution in [2.45, 2.75) is 25.4 Å². The fourth-order valence-corrected chi connectivity index (χ4v) is 1.31. The number of carboxylic acids is 1. The predicted molar refractivity (Wildman–Crippen MR) is 52.1 cm³/mol. The third kappa shape index (κ3) is 2.57. The third-order valence-corrected chi connectivity index (χ3v) is 2.50. The van der Waals surface area contributed by atoms with Crippen molar-refractivity contribution < 1.29 is 27.5 Å². The molecule has 1 rings (SSSR count). The summed E-state index contributed by atoms with van der Waals surface area (Å²) in [4.78, 5) is 10.9. The minimum absolute atomic E-state index is 0.280. The Kier molecular flexibility index (Phi) is 3.18. The second kappa shape index (κ2) is 4.01. The van der Waals surface area contributed by atoms with Crippen molar-refractivity contribution in [2.24, 2.45) is 0 Å². The van der Waals surface area contributed by atoms with Gasteiger partial charge in [-0.3, -0.25) is 4.79 Å². The van der Waals surface area contributed by atoms with E-state index in [0.717, 1.165) is 6.07 Å². The normalized spacial score (nSPS) is 12.6. The number of rotatable bonds is 2. The molecule has 6 heteroatoms. The molecule has 0 saturated heterocycles. The van der Waals surface area contributed by atoms with E-state index in [1.54, 1.807) is 0 Å². The van der Waals surface area contributed by atoms with Crippen LogP contribution in [0.1, 0.15) is 25.0 Å². The van der Waals surface area contributed by atoms with Gasteiger partial charge in [0.25, 0.3) is 0 Å². The summed E-state index contributed by atoms with van der Waals surface area (Å²) in [6.07, 6.45) is -4.65. The lowest BCUT2D eigenvalue weighted by Crippen LogP contribution is -2.29. The molecule has 0 fully saturated rings. The maximum Gasteiger partial charge on any atom is 0.416 e. The topological polar surface area (TPSA) is 37.3 Å². The van der Waals surface area contributed by atoms with Crippen LogP contribution in [0.25, 0.3) is 0 Å². The molecule has 0 heterocycles. The van der Waals surface area contributed by atoms with Gasteiger partial charge in [0.05, 0.1) is 11.0 Å². The molecule has 0 radical (unpaired) electrons. The molecular weight excluding hydrogens is 240 g/mol. The van der Waals surface area contributed by atoms with Gasteiger partial charge >= 0.3 is 12.1 Å². The van der Waals surface area contributed by atoms with Crippen LogP contribution in [0.4, 0.5) is 17.6 Å². The van der Waals surface area contributed by atoms with Gasteiger partial charge in [0, 0.05) is 5.56 Å². The molecule has 1 N–H and O–H groups in total. The first-order chi connectivity index (χ1) is 7.56. The van der Waals surface area contributed by atoms with Gasteiger partial charge in [-0.15, -0.1) is 0 Å². The van der Waals surface area contributed by atoms with E-state index in [9.17, 15) is 22.4 Å². The van der Waals surface area contributed by atoms with Crippen molar-refractivity contribution in [3.8, 4) is 0 Å². The molecule has 17 heavy (non-hydrogen) atoms. The van der Waals surface area contributed by atoms with Crippen molar-refractivity contribution in [2.75, 3.05) is 0 Å². The van der Waals surface area contributed by atoms with Crippen LogP contribution in [-0.2, 0) is 16.4 Å². The third-order valence-electron chi connectivity index (χ3n) is 2.50. The standard InChI is InChI=1S/C11H10F4O2/c1-10(2,9(16)17)7-4-3-6(5-8(7)12)11(13,14)15/h3-5H,1-2H3,(H,16,17). The Morgan fingerprint density at radius 3 is 2.12 bits per heavy atom. The number of carboxylic acid groups (broad SMARTS) is 1. The number of benzene rings is 1. The molecule has 0 aliphatic heterocycles. The van der Waals surface area contributed by atoms with Crippen molar-refractivity contribution in [3.63, 3.8) is 0 Å². The zero-order valence-corrected chi connectivity index (χ0v) is 9.10. The molecule has 0 aliphatic carbocycles. The SMILES string of the molecule is CC(C)(C(=O)O)c1ccc(C(F)(F)F)cc1F. The van der Waals surface area contributed by atoms with Gasteiger partial charge < -0.3 is 5.11 Å². The predicted octanol–water partition coefficient (Wildman–Crippen LogP) is 3.21. The second-order valence-corrected chi connectivity index (χ2v) is 4.12. The summed E-state index contributed by atoms with van der Waals surface area (Å²) in [6, 6.07) is 1.83. The van der Waals surface area contributed by atoms with Crippen molar-refractivity contribution >= 4 is 5.97 Å². The largest absolute Gasteiger partial charge is 0.481 e. The van der Waals surface area contributed by atoms with Gasteiger partial charge in [-0.05, 0) is 26.0 Å². The van der Waals surface area contributed by atoms with Crippen molar-refractivity contribution in [1.82, 2.24) is 0 Å². The summed E-state index contributed by atoms with van der Waals surface area (Å²) in [7, 11) is 0. The summed E-state index contributed by atoms with van der Waals surface area (Å²) in [5, 5.41) is 8.86. The molecule has 1 aromatic rings. The van der Waals surface area contributed by atoms with Gasteiger partial charge in [0.15, 0.2) is 0 Å². The maximum absolute atomic E-state index is 13.5. The average molecular weight is 250 g/mol. The van der Waals surface area contributed by atoms with Gasteiger partial charge in [0.2, 0.25) is 0 Å². The zero-order valence-electron chi connectivity index (χ0n) is 9.10. The monoisotopic (exact) mass is 250 g/mol. The van der Waals surface area contributed by atoms with Crippen molar-refractivity contribution in [3.05, 3.63) is 35.1 Å². The molecule has 0 unspecified atom stereocenters. The molecule has 1 aromatic carbocycles. The van der Waals surface area contributed by atoms with E-state index in [2.05, 4.69) is 0 Å². The first kappa shape index (κ1) is 13.5. The number of halogens is 4. The number of hydrogen-bond donors (Lipinski definition) is 1. The van der Waals surface area contributed by atoms with E-state index in [1.165, 1.54) is 13.8 Å². The highest BCUT2D eigenvalue weighted by Gasteiger charge is 2.35. The second-order valence-electron chi connectivity index (χ2n) is 4.12.